The highest BCUT2D eigenvalue weighted by atomic mass is 32.3. The van der Waals surface area contributed by atoms with E-state index in [9.17, 15) is 13.2 Å². The summed E-state index contributed by atoms with van der Waals surface area (Å²) in [6.07, 6.45) is 0.870. The Morgan fingerprint density at radius 2 is 2.12 bits per heavy atom. The van der Waals surface area contributed by atoms with Crippen molar-refractivity contribution in [3.8, 4) is 0 Å². The first-order chi connectivity index (χ1) is 11.2. The number of amidine groups is 1. The quantitative estimate of drug-likeness (QED) is 0.0969. The SMILES string of the molecule is N=C(N)NOCCNC(=N)[C@@H]1CC[C@@H]2CN1C(=O)N2OS(=O)(=O)O. The number of carbonyl (C=O) groups is 1. The average molecular weight is 365 g/mol. The summed E-state index contributed by atoms with van der Waals surface area (Å²) in [4.78, 5) is 18.3. The van der Waals surface area contributed by atoms with Gasteiger partial charge in [0.05, 0.1) is 18.7 Å². The van der Waals surface area contributed by atoms with Gasteiger partial charge in [-0.25, -0.2) is 10.3 Å². The van der Waals surface area contributed by atoms with Crippen molar-refractivity contribution in [1.29, 1.82) is 10.8 Å². The molecule has 136 valence electrons. The van der Waals surface area contributed by atoms with Gasteiger partial charge in [-0.3, -0.25) is 20.2 Å². The second-order valence-electron chi connectivity index (χ2n) is 5.21. The van der Waals surface area contributed by atoms with E-state index >= 15 is 0 Å². The van der Waals surface area contributed by atoms with E-state index in [0.717, 1.165) is 0 Å². The molecule has 0 radical (unpaired) electrons. The first kappa shape index (κ1) is 18.2. The Bertz CT molecular complexity index is 625. The second-order valence-corrected chi connectivity index (χ2v) is 6.22. The van der Waals surface area contributed by atoms with Crippen LogP contribution in [-0.2, 0) is 19.5 Å². The van der Waals surface area contributed by atoms with Gasteiger partial charge in [0.1, 0.15) is 5.84 Å². The number of urea groups is 1. The van der Waals surface area contributed by atoms with Gasteiger partial charge in [0.2, 0.25) is 5.96 Å². The van der Waals surface area contributed by atoms with E-state index in [2.05, 4.69) is 15.1 Å². The zero-order chi connectivity index (χ0) is 17.9. The molecule has 13 nitrogen and oxygen atoms in total. The monoisotopic (exact) mass is 365 g/mol. The number of nitrogens with zero attached hydrogens (tertiary/aromatic N) is 2. The molecule has 0 unspecified atom stereocenters. The number of nitrogens with one attached hydrogen (secondary N) is 4. The molecule has 0 aromatic rings. The van der Waals surface area contributed by atoms with E-state index in [4.69, 9.17) is 25.9 Å². The zero-order valence-corrected chi connectivity index (χ0v) is 13.4. The van der Waals surface area contributed by atoms with Crippen molar-refractivity contribution < 1.29 is 26.9 Å². The first-order valence-corrected chi connectivity index (χ1v) is 8.36. The third kappa shape index (κ3) is 4.44. The van der Waals surface area contributed by atoms with Crippen LogP contribution in [0.4, 0.5) is 4.79 Å². The summed E-state index contributed by atoms with van der Waals surface area (Å²) in [5.41, 5.74) is 7.17. The van der Waals surface area contributed by atoms with Crippen LogP contribution in [-0.4, -0.2) is 72.5 Å². The van der Waals surface area contributed by atoms with E-state index in [1.165, 1.54) is 4.90 Å². The fourth-order valence-electron chi connectivity index (χ4n) is 2.61. The summed E-state index contributed by atoms with van der Waals surface area (Å²) in [5, 5.41) is 18.3. The summed E-state index contributed by atoms with van der Waals surface area (Å²) >= 11 is 0. The highest BCUT2D eigenvalue weighted by molar-refractivity contribution is 7.80. The van der Waals surface area contributed by atoms with Crippen LogP contribution in [0.25, 0.3) is 0 Å². The van der Waals surface area contributed by atoms with Crippen LogP contribution in [0.15, 0.2) is 0 Å². The molecule has 24 heavy (non-hydrogen) atoms. The smallest absolute Gasteiger partial charge is 0.370 e. The molecule has 14 heteroatoms. The number of fused-ring (bicyclic) bond motifs is 2. The zero-order valence-electron chi connectivity index (χ0n) is 12.6. The number of guanidine groups is 1. The van der Waals surface area contributed by atoms with E-state index in [-0.39, 0.29) is 31.5 Å². The number of piperidine rings is 1. The Morgan fingerprint density at radius 3 is 2.75 bits per heavy atom. The summed E-state index contributed by atoms with van der Waals surface area (Å²) in [5.74, 6) is -0.271. The lowest BCUT2D eigenvalue weighted by atomic mass is 10.00. The molecule has 0 aliphatic carbocycles. The summed E-state index contributed by atoms with van der Waals surface area (Å²) < 4.78 is 34.7. The van der Waals surface area contributed by atoms with Gasteiger partial charge < -0.3 is 16.0 Å². The number of hydrogen-bond donors (Lipinski definition) is 6. The lowest BCUT2D eigenvalue weighted by Gasteiger charge is -2.30. The Balaban J connectivity index is 1.86. The van der Waals surface area contributed by atoms with Crippen molar-refractivity contribution in [3.05, 3.63) is 0 Å². The predicted octanol–water partition coefficient (Wildman–Crippen LogP) is -2.03. The van der Waals surface area contributed by atoms with E-state index in [1.54, 1.807) is 0 Å². The highest BCUT2D eigenvalue weighted by Gasteiger charge is 2.48. The van der Waals surface area contributed by atoms with Crippen LogP contribution in [0.3, 0.4) is 0 Å². The van der Waals surface area contributed by atoms with Crippen LogP contribution in [0, 0.1) is 10.8 Å². The molecule has 2 atom stereocenters. The molecule has 2 aliphatic heterocycles. The van der Waals surface area contributed by atoms with Crippen LogP contribution in [0.1, 0.15) is 12.8 Å². The minimum absolute atomic E-state index is 0.0712. The molecule has 0 aromatic heterocycles. The van der Waals surface area contributed by atoms with Crippen LogP contribution >= 0.6 is 0 Å². The average Bonchev–Trinajstić information content (AvgIpc) is 2.70. The lowest BCUT2D eigenvalue weighted by molar-refractivity contribution is -0.0316. The van der Waals surface area contributed by atoms with Gasteiger partial charge in [-0.15, -0.1) is 4.28 Å². The fourth-order valence-corrected chi connectivity index (χ4v) is 3.00. The Labute approximate surface area is 137 Å². The molecule has 2 rings (SSSR count). The van der Waals surface area contributed by atoms with Crippen molar-refractivity contribution in [1.82, 2.24) is 20.8 Å². The first-order valence-electron chi connectivity index (χ1n) is 7.00. The summed E-state index contributed by atoms with van der Waals surface area (Å²) in [6.45, 7) is 0.570. The minimum atomic E-state index is -4.79. The number of hydrogen-bond acceptors (Lipinski definition) is 7. The van der Waals surface area contributed by atoms with Gasteiger partial charge in [-0.2, -0.15) is 13.5 Å². The maximum atomic E-state index is 12.2. The molecule has 2 fully saturated rings. The number of carbonyl (C=O) groups excluding carboxylic acids is 1. The maximum absolute atomic E-state index is 12.2. The number of amides is 2. The largest absolute Gasteiger partial charge is 0.418 e. The number of hydroxylamine groups is 3. The van der Waals surface area contributed by atoms with E-state index in [0.29, 0.717) is 17.9 Å². The van der Waals surface area contributed by atoms with Gasteiger partial charge in [-0.1, -0.05) is 0 Å². The lowest BCUT2D eigenvalue weighted by Crippen LogP contribution is -2.50. The molecule has 2 heterocycles. The number of rotatable bonds is 7. The third-order valence-corrected chi connectivity index (χ3v) is 3.88. The van der Waals surface area contributed by atoms with Gasteiger partial charge in [0.25, 0.3) is 0 Å². The van der Waals surface area contributed by atoms with E-state index in [1.807, 2.05) is 0 Å². The molecule has 0 saturated carbocycles. The van der Waals surface area contributed by atoms with Gasteiger partial charge >= 0.3 is 16.4 Å². The molecule has 0 aromatic carbocycles. The van der Waals surface area contributed by atoms with Crippen molar-refractivity contribution in [2.45, 2.75) is 24.9 Å². The van der Waals surface area contributed by atoms with Crippen molar-refractivity contribution in [2.75, 3.05) is 19.7 Å². The maximum Gasteiger partial charge on any atom is 0.418 e. The fraction of sp³-hybridized carbons (Fsp3) is 0.700. The third-order valence-electron chi connectivity index (χ3n) is 3.53. The van der Waals surface area contributed by atoms with Crippen LogP contribution in [0.5, 0.6) is 0 Å². The molecular weight excluding hydrogens is 346 g/mol. The second kappa shape index (κ2) is 7.16. The molecule has 7 N–H and O–H groups in total. The van der Waals surface area contributed by atoms with Gasteiger partial charge in [0.15, 0.2) is 0 Å². The molecule has 2 amide bonds. The molecule has 2 bridgehead atoms. The van der Waals surface area contributed by atoms with Crippen LogP contribution in [0.2, 0.25) is 0 Å². The van der Waals surface area contributed by atoms with Gasteiger partial charge in [-0.05, 0) is 12.8 Å². The Kier molecular flexibility index (Phi) is 5.43. The van der Waals surface area contributed by atoms with Crippen molar-refractivity contribution in [2.24, 2.45) is 5.73 Å². The highest BCUT2D eigenvalue weighted by Crippen LogP contribution is 2.30. The molecular formula is C10H19N7O6S. The summed E-state index contributed by atoms with van der Waals surface area (Å²) in [6, 6.07) is -1.77. The summed E-state index contributed by atoms with van der Waals surface area (Å²) in [7, 11) is -4.79. The Hall–Kier alpha value is -2.16. The molecule has 0 spiro atoms. The van der Waals surface area contributed by atoms with Gasteiger partial charge in [0, 0.05) is 13.1 Å². The Morgan fingerprint density at radius 1 is 1.42 bits per heavy atom. The normalized spacial score (nSPS) is 23.3. The predicted molar refractivity (Wildman–Crippen MR) is 80.1 cm³/mol. The minimum Gasteiger partial charge on any atom is -0.370 e. The number of nitrogens with two attached hydrogens (primary N) is 1. The topological polar surface area (TPSA) is 194 Å². The molecule has 2 aliphatic rings. The standard InChI is InChI=1S/C10H19N7O6S/c11-8(14-3-4-22-15-9(12)13)7-2-1-6-5-16(7)10(18)17(6)23-24(19,20)21/h6-7H,1-5H2,(H2,11,14)(H4,12,13,15)(H,19,20,21)/t6-,7+/m1/s1. The van der Waals surface area contributed by atoms with Crippen LogP contribution < -0.4 is 16.5 Å². The van der Waals surface area contributed by atoms with E-state index < -0.39 is 28.5 Å². The van der Waals surface area contributed by atoms with Crippen molar-refractivity contribution in [3.63, 3.8) is 0 Å². The van der Waals surface area contributed by atoms with Crippen molar-refractivity contribution >= 4 is 28.2 Å². The molecule has 2 saturated heterocycles.